The second kappa shape index (κ2) is 11.0. The van der Waals surface area contributed by atoms with E-state index in [1.54, 1.807) is 23.1 Å². The van der Waals surface area contributed by atoms with Gasteiger partial charge in [-0.2, -0.15) is 5.10 Å². The highest BCUT2D eigenvalue weighted by molar-refractivity contribution is 6.06. The fourth-order valence-corrected chi connectivity index (χ4v) is 4.96. The smallest absolute Gasteiger partial charge is 0.257 e. The minimum absolute atomic E-state index is 0.0146. The Bertz CT molecular complexity index is 1510. The third-order valence-corrected chi connectivity index (χ3v) is 7.22. The third kappa shape index (κ3) is 5.84. The summed E-state index contributed by atoms with van der Waals surface area (Å²) in [6.45, 7) is 7.01. The van der Waals surface area contributed by atoms with Crippen LogP contribution >= 0.6 is 0 Å². The van der Waals surface area contributed by atoms with Crippen molar-refractivity contribution in [3.05, 3.63) is 65.9 Å². The quantitative estimate of drug-likeness (QED) is 0.261. The molecule has 4 aromatic rings. The van der Waals surface area contributed by atoms with Crippen molar-refractivity contribution in [1.82, 2.24) is 30.0 Å². The molecule has 10 nitrogen and oxygen atoms in total. The van der Waals surface area contributed by atoms with E-state index < -0.39 is 11.7 Å². The number of carbonyl (C=O) groups excluding carboxylic acids is 2. The van der Waals surface area contributed by atoms with Gasteiger partial charge in [0.15, 0.2) is 0 Å². The van der Waals surface area contributed by atoms with Gasteiger partial charge in [-0.25, -0.2) is 9.37 Å². The number of aliphatic hydroxyl groups excluding tert-OH is 1. The van der Waals surface area contributed by atoms with Crippen molar-refractivity contribution >= 4 is 28.5 Å². The number of hydrogen-bond donors (Lipinski definition) is 4. The minimum Gasteiger partial charge on any atom is -0.394 e. The predicted molar refractivity (Wildman–Crippen MR) is 146 cm³/mol. The van der Waals surface area contributed by atoms with Crippen LogP contribution in [0.3, 0.4) is 0 Å². The number of aromatic nitrogens is 4. The van der Waals surface area contributed by atoms with Crippen molar-refractivity contribution in [2.75, 3.05) is 31.6 Å². The molecular weight excluding hydrogens is 501 g/mol. The van der Waals surface area contributed by atoms with E-state index in [9.17, 15) is 14.0 Å². The van der Waals surface area contributed by atoms with Crippen LogP contribution in [0.2, 0.25) is 0 Å². The normalized spacial score (nSPS) is 15.1. The summed E-state index contributed by atoms with van der Waals surface area (Å²) in [6.07, 6.45) is 7.15. The Morgan fingerprint density at radius 2 is 1.97 bits per heavy atom. The molecule has 1 aromatic carbocycles. The summed E-state index contributed by atoms with van der Waals surface area (Å²) < 4.78 is 16.2. The number of likely N-dealkylation sites (tertiary alicyclic amines) is 1. The van der Waals surface area contributed by atoms with Crippen LogP contribution < -0.4 is 10.6 Å². The number of anilines is 1. The van der Waals surface area contributed by atoms with Crippen molar-refractivity contribution in [1.29, 1.82) is 0 Å². The van der Waals surface area contributed by atoms with Crippen LogP contribution in [0.4, 0.5) is 10.1 Å². The fraction of sp³-hybridized carbons (Fsp3) is 0.357. The average Bonchev–Trinajstić information content (AvgIpc) is 3.63. The van der Waals surface area contributed by atoms with Crippen LogP contribution in [-0.4, -0.2) is 73.3 Å². The summed E-state index contributed by atoms with van der Waals surface area (Å²) in [5.41, 5.74) is 2.70. The molecule has 1 aliphatic rings. The maximum absolute atomic E-state index is 14.6. The van der Waals surface area contributed by atoms with E-state index in [2.05, 4.69) is 44.4 Å². The topological polar surface area (TPSA) is 128 Å². The molecule has 0 bridgehead atoms. The Hall–Kier alpha value is -4.09. The van der Waals surface area contributed by atoms with Gasteiger partial charge in [-0.3, -0.25) is 19.2 Å². The van der Waals surface area contributed by atoms with Crippen LogP contribution in [0.25, 0.3) is 22.3 Å². The Morgan fingerprint density at radius 1 is 1.13 bits per heavy atom. The second-order valence-electron chi connectivity index (χ2n) is 10.4. The molecule has 1 aliphatic heterocycles. The fourth-order valence-electron chi connectivity index (χ4n) is 4.96. The van der Waals surface area contributed by atoms with Crippen molar-refractivity contribution in [3.8, 4) is 11.3 Å². The number of nitrogens with one attached hydrogen (secondary N) is 3. The lowest BCUT2D eigenvalue weighted by Crippen LogP contribution is -2.43. The van der Waals surface area contributed by atoms with Gasteiger partial charge >= 0.3 is 0 Å². The van der Waals surface area contributed by atoms with E-state index in [1.165, 1.54) is 24.4 Å². The summed E-state index contributed by atoms with van der Waals surface area (Å²) in [6, 6.07) is 7.41. The van der Waals surface area contributed by atoms with E-state index in [0.29, 0.717) is 24.1 Å². The molecule has 0 unspecified atom stereocenters. The standard InChI is InChI=1S/C28H32FN7O3/c1-28(2)6-3-8-35(28)9-7-30-26(38)18-4-5-22(29)24(13-18)34-27(39)20-12-19-14-23(33-25(19)31-15-20)21-16-32-36(17-21)10-11-37/h4-5,12-17,37H,3,6-11H2,1-2H3,(H,30,38)(H,31,33)(H,34,39). The molecule has 1 fully saturated rings. The Labute approximate surface area is 225 Å². The molecule has 0 saturated carbocycles. The number of hydrogen-bond acceptors (Lipinski definition) is 6. The largest absolute Gasteiger partial charge is 0.394 e. The molecule has 1 saturated heterocycles. The van der Waals surface area contributed by atoms with E-state index >= 15 is 0 Å². The maximum atomic E-state index is 14.6. The molecule has 0 radical (unpaired) electrons. The highest BCUT2D eigenvalue weighted by atomic mass is 19.1. The molecule has 11 heteroatoms. The summed E-state index contributed by atoms with van der Waals surface area (Å²) in [5.74, 6) is -1.51. The van der Waals surface area contributed by atoms with Crippen molar-refractivity contribution in [2.45, 2.75) is 38.8 Å². The molecular formula is C28H32FN7O3. The van der Waals surface area contributed by atoms with Crippen LogP contribution in [0, 0.1) is 5.82 Å². The van der Waals surface area contributed by atoms with Gasteiger partial charge < -0.3 is 20.7 Å². The number of rotatable bonds is 9. The summed E-state index contributed by atoms with van der Waals surface area (Å²) >= 11 is 0. The lowest BCUT2D eigenvalue weighted by atomic mass is 10.0. The van der Waals surface area contributed by atoms with E-state index in [4.69, 9.17) is 5.11 Å². The van der Waals surface area contributed by atoms with Gasteiger partial charge in [-0.1, -0.05) is 0 Å². The van der Waals surface area contributed by atoms with Gasteiger partial charge in [0.05, 0.1) is 36.3 Å². The monoisotopic (exact) mass is 533 g/mol. The zero-order valence-electron chi connectivity index (χ0n) is 22.0. The summed E-state index contributed by atoms with van der Waals surface area (Å²) in [5, 5.41) is 19.4. The number of benzene rings is 1. The van der Waals surface area contributed by atoms with Crippen molar-refractivity contribution in [2.24, 2.45) is 0 Å². The molecule has 0 aliphatic carbocycles. The first-order chi connectivity index (χ1) is 18.7. The van der Waals surface area contributed by atoms with Gasteiger partial charge in [0.25, 0.3) is 11.8 Å². The summed E-state index contributed by atoms with van der Waals surface area (Å²) in [7, 11) is 0. The number of carbonyl (C=O) groups is 2. The molecule has 0 spiro atoms. The van der Waals surface area contributed by atoms with Gasteiger partial charge in [-0.15, -0.1) is 0 Å². The molecule has 204 valence electrons. The molecule has 5 rings (SSSR count). The number of aliphatic hydroxyl groups is 1. The first-order valence-corrected chi connectivity index (χ1v) is 13.0. The molecule has 4 heterocycles. The lowest BCUT2D eigenvalue weighted by Gasteiger charge is -2.31. The van der Waals surface area contributed by atoms with Gasteiger partial charge in [0.1, 0.15) is 11.5 Å². The van der Waals surface area contributed by atoms with Crippen molar-refractivity contribution in [3.63, 3.8) is 0 Å². The Morgan fingerprint density at radius 3 is 2.74 bits per heavy atom. The maximum Gasteiger partial charge on any atom is 0.257 e. The first kappa shape index (κ1) is 26.5. The SMILES string of the molecule is CC1(C)CCCN1CCNC(=O)c1ccc(F)c(NC(=O)c2cnc3[nH]c(-c4cnn(CCO)c4)cc3c2)c1. The zero-order chi connectivity index (χ0) is 27.6. The Balaban J connectivity index is 1.25. The number of aromatic amines is 1. The van der Waals surface area contributed by atoms with E-state index in [0.717, 1.165) is 37.2 Å². The van der Waals surface area contributed by atoms with Crippen LogP contribution in [0.5, 0.6) is 0 Å². The zero-order valence-corrected chi connectivity index (χ0v) is 22.0. The van der Waals surface area contributed by atoms with Crippen LogP contribution in [0.15, 0.2) is 48.9 Å². The number of fused-ring (bicyclic) bond motifs is 1. The predicted octanol–water partition coefficient (Wildman–Crippen LogP) is 3.41. The molecule has 4 N–H and O–H groups in total. The van der Waals surface area contributed by atoms with Crippen LogP contribution in [-0.2, 0) is 6.54 Å². The highest BCUT2D eigenvalue weighted by Gasteiger charge is 2.31. The first-order valence-electron chi connectivity index (χ1n) is 13.0. The number of nitrogens with zero attached hydrogens (tertiary/aromatic N) is 4. The molecule has 0 atom stereocenters. The molecule has 2 amide bonds. The number of halogens is 1. The van der Waals surface area contributed by atoms with Gasteiger partial charge in [0, 0.05) is 47.5 Å². The van der Waals surface area contributed by atoms with Crippen molar-refractivity contribution < 1.29 is 19.1 Å². The van der Waals surface area contributed by atoms with Gasteiger partial charge in [0.2, 0.25) is 0 Å². The lowest BCUT2D eigenvalue weighted by molar-refractivity contribution is 0.0939. The number of amides is 2. The van der Waals surface area contributed by atoms with E-state index in [1.807, 2.05) is 6.07 Å². The average molecular weight is 534 g/mol. The highest BCUT2D eigenvalue weighted by Crippen LogP contribution is 2.27. The third-order valence-electron chi connectivity index (χ3n) is 7.22. The van der Waals surface area contributed by atoms with Crippen LogP contribution in [0.1, 0.15) is 47.4 Å². The van der Waals surface area contributed by atoms with E-state index in [-0.39, 0.29) is 34.9 Å². The van der Waals surface area contributed by atoms with Gasteiger partial charge in [-0.05, 0) is 63.6 Å². The minimum atomic E-state index is -0.642. The second-order valence-corrected chi connectivity index (χ2v) is 10.4. The molecule has 39 heavy (non-hydrogen) atoms. The summed E-state index contributed by atoms with van der Waals surface area (Å²) in [4.78, 5) is 35.5. The number of H-pyrrole nitrogens is 1. The Kier molecular flexibility index (Phi) is 7.45. The molecule has 3 aromatic heterocycles. The number of pyridine rings is 1.